The predicted octanol–water partition coefficient (Wildman–Crippen LogP) is 1.96. The lowest BCUT2D eigenvalue weighted by Gasteiger charge is -2.25. The molecule has 19 heavy (non-hydrogen) atoms. The monoisotopic (exact) mass is 270 g/mol. The molecule has 0 unspecified atom stereocenters. The van der Waals surface area contributed by atoms with Crippen molar-refractivity contribution >= 4 is 16.7 Å². The molecule has 2 N–H and O–H groups in total. The standard InChI is InChI=1S/C12H13F3N4/c13-12(14,15)7-19(6-5-16)11-9-3-1-2-4-10(9)17-8-18-11/h1-4,8H,5-7,16H2. The first kappa shape index (κ1) is 13.5. The van der Waals surface area contributed by atoms with Gasteiger partial charge in [-0.2, -0.15) is 13.2 Å². The Morgan fingerprint density at radius 2 is 1.89 bits per heavy atom. The van der Waals surface area contributed by atoms with Gasteiger partial charge in [0, 0.05) is 18.5 Å². The van der Waals surface area contributed by atoms with Gasteiger partial charge in [-0.15, -0.1) is 0 Å². The minimum atomic E-state index is -4.30. The molecule has 1 heterocycles. The lowest BCUT2D eigenvalue weighted by atomic mass is 10.2. The Labute approximate surface area is 108 Å². The van der Waals surface area contributed by atoms with Crippen LogP contribution in [0.25, 0.3) is 10.9 Å². The summed E-state index contributed by atoms with van der Waals surface area (Å²) in [7, 11) is 0. The average molecular weight is 270 g/mol. The van der Waals surface area contributed by atoms with E-state index in [9.17, 15) is 13.2 Å². The van der Waals surface area contributed by atoms with Crippen LogP contribution in [0, 0.1) is 0 Å². The largest absolute Gasteiger partial charge is 0.405 e. The summed E-state index contributed by atoms with van der Waals surface area (Å²) >= 11 is 0. The molecule has 0 fully saturated rings. The maximum atomic E-state index is 12.6. The van der Waals surface area contributed by atoms with Gasteiger partial charge < -0.3 is 10.6 Å². The van der Waals surface area contributed by atoms with Gasteiger partial charge in [-0.3, -0.25) is 0 Å². The summed E-state index contributed by atoms with van der Waals surface area (Å²) in [5.74, 6) is 0.258. The van der Waals surface area contributed by atoms with E-state index in [4.69, 9.17) is 5.73 Å². The van der Waals surface area contributed by atoms with E-state index in [-0.39, 0.29) is 18.9 Å². The molecule has 0 aliphatic carbocycles. The first-order valence-corrected chi connectivity index (χ1v) is 5.73. The summed E-state index contributed by atoms with van der Waals surface area (Å²) in [5.41, 5.74) is 5.99. The Morgan fingerprint density at radius 1 is 1.16 bits per heavy atom. The second kappa shape index (κ2) is 5.40. The maximum Gasteiger partial charge on any atom is 0.405 e. The number of nitrogens with zero attached hydrogens (tertiary/aromatic N) is 3. The van der Waals surface area contributed by atoms with Crippen LogP contribution in [-0.4, -0.2) is 35.8 Å². The van der Waals surface area contributed by atoms with E-state index in [1.807, 2.05) is 0 Å². The Kier molecular flexibility index (Phi) is 3.84. The Balaban J connectivity index is 2.44. The van der Waals surface area contributed by atoms with E-state index in [0.29, 0.717) is 10.9 Å². The topological polar surface area (TPSA) is 55.0 Å². The highest BCUT2D eigenvalue weighted by molar-refractivity contribution is 5.89. The van der Waals surface area contributed by atoms with E-state index in [1.54, 1.807) is 24.3 Å². The molecule has 0 saturated carbocycles. The molecule has 7 heteroatoms. The number of para-hydroxylation sites is 1. The Bertz CT molecular complexity index is 551. The number of aromatic nitrogens is 2. The molecule has 2 aromatic rings. The first-order valence-electron chi connectivity index (χ1n) is 5.73. The van der Waals surface area contributed by atoms with Crippen molar-refractivity contribution in [3.63, 3.8) is 0 Å². The third-order valence-electron chi connectivity index (χ3n) is 2.59. The lowest BCUT2D eigenvalue weighted by molar-refractivity contribution is -0.119. The molecule has 4 nitrogen and oxygen atoms in total. The van der Waals surface area contributed by atoms with Crippen LogP contribution < -0.4 is 10.6 Å². The van der Waals surface area contributed by atoms with E-state index >= 15 is 0 Å². The van der Waals surface area contributed by atoms with Gasteiger partial charge in [0.1, 0.15) is 18.7 Å². The van der Waals surface area contributed by atoms with Crippen molar-refractivity contribution in [1.82, 2.24) is 9.97 Å². The zero-order valence-electron chi connectivity index (χ0n) is 10.1. The van der Waals surface area contributed by atoms with Crippen LogP contribution in [-0.2, 0) is 0 Å². The molecule has 102 valence electrons. The number of benzene rings is 1. The van der Waals surface area contributed by atoms with Gasteiger partial charge in [0.05, 0.1) is 5.52 Å². The smallest absolute Gasteiger partial charge is 0.346 e. The minimum Gasteiger partial charge on any atom is -0.346 e. The molecule has 0 radical (unpaired) electrons. The second-order valence-corrected chi connectivity index (χ2v) is 4.04. The van der Waals surface area contributed by atoms with Crippen molar-refractivity contribution < 1.29 is 13.2 Å². The van der Waals surface area contributed by atoms with Gasteiger partial charge in [0.25, 0.3) is 0 Å². The SMILES string of the molecule is NCCN(CC(F)(F)F)c1ncnc2ccccc12. The maximum absolute atomic E-state index is 12.6. The number of alkyl halides is 3. The molecular formula is C12H13F3N4. The molecule has 2 rings (SSSR count). The molecular weight excluding hydrogens is 257 g/mol. The normalized spacial score (nSPS) is 11.8. The number of fused-ring (bicyclic) bond motifs is 1. The number of hydrogen-bond acceptors (Lipinski definition) is 4. The van der Waals surface area contributed by atoms with Crippen molar-refractivity contribution in [2.24, 2.45) is 5.73 Å². The molecule has 0 spiro atoms. The number of nitrogens with two attached hydrogens (primary N) is 1. The van der Waals surface area contributed by atoms with Crippen molar-refractivity contribution in [2.45, 2.75) is 6.18 Å². The highest BCUT2D eigenvalue weighted by Gasteiger charge is 2.31. The van der Waals surface area contributed by atoms with Crippen molar-refractivity contribution in [3.8, 4) is 0 Å². The average Bonchev–Trinajstić information content (AvgIpc) is 2.36. The van der Waals surface area contributed by atoms with Crippen LogP contribution in [0.3, 0.4) is 0 Å². The quantitative estimate of drug-likeness (QED) is 0.922. The zero-order valence-corrected chi connectivity index (χ0v) is 10.1. The zero-order chi connectivity index (χ0) is 13.9. The van der Waals surface area contributed by atoms with Gasteiger partial charge >= 0.3 is 6.18 Å². The van der Waals surface area contributed by atoms with Gasteiger partial charge in [0.15, 0.2) is 0 Å². The van der Waals surface area contributed by atoms with E-state index in [0.717, 1.165) is 4.90 Å². The van der Waals surface area contributed by atoms with Crippen LogP contribution in [0.1, 0.15) is 0 Å². The highest BCUT2D eigenvalue weighted by Crippen LogP contribution is 2.25. The molecule has 0 aliphatic rings. The molecule has 0 atom stereocenters. The summed E-state index contributed by atoms with van der Waals surface area (Å²) in [6, 6.07) is 6.94. The first-order chi connectivity index (χ1) is 9.01. The summed E-state index contributed by atoms with van der Waals surface area (Å²) < 4.78 is 37.8. The fourth-order valence-corrected chi connectivity index (χ4v) is 1.87. The minimum absolute atomic E-state index is 0.0838. The van der Waals surface area contributed by atoms with Crippen LogP contribution in [0.15, 0.2) is 30.6 Å². The van der Waals surface area contributed by atoms with Gasteiger partial charge in [-0.05, 0) is 12.1 Å². The van der Waals surface area contributed by atoms with Crippen LogP contribution in [0.4, 0.5) is 19.0 Å². The van der Waals surface area contributed by atoms with Crippen LogP contribution in [0.5, 0.6) is 0 Å². The molecule has 1 aromatic carbocycles. The van der Waals surface area contributed by atoms with Crippen LogP contribution in [0.2, 0.25) is 0 Å². The summed E-state index contributed by atoms with van der Waals surface area (Å²) in [5, 5.41) is 0.586. The van der Waals surface area contributed by atoms with E-state index < -0.39 is 12.7 Å². The fourth-order valence-electron chi connectivity index (χ4n) is 1.87. The van der Waals surface area contributed by atoms with Crippen molar-refractivity contribution in [3.05, 3.63) is 30.6 Å². The predicted molar refractivity (Wildman–Crippen MR) is 66.9 cm³/mol. The highest BCUT2D eigenvalue weighted by atomic mass is 19.4. The summed E-state index contributed by atoms with van der Waals surface area (Å²) in [4.78, 5) is 9.13. The number of hydrogen-bond donors (Lipinski definition) is 1. The van der Waals surface area contributed by atoms with E-state index in [1.165, 1.54) is 6.33 Å². The Hall–Kier alpha value is -1.89. The molecule has 0 aliphatic heterocycles. The van der Waals surface area contributed by atoms with E-state index in [2.05, 4.69) is 9.97 Å². The van der Waals surface area contributed by atoms with Crippen molar-refractivity contribution in [1.29, 1.82) is 0 Å². The van der Waals surface area contributed by atoms with Gasteiger partial charge in [-0.1, -0.05) is 12.1 Å². The third kappa shape index (κ3) is 3.31. The summed E-state index contributed by atoms with van der Waals surface area (Å²) in [6.45, 7) is -0.875. The van der Waals surface area contributed by atoms with Gasteiger partial charge in [-0.25, -0.2) is 9.97 Å². The number of halogens is 3. The van der Waals surface area contributed by atoms with Gasteiger partial charge in [0.2, 0.25) is 0 Å². The number of rotatable bonds is 4. The molecule has 1 aromatic heterocycles. The summed E-state index contributed by atoms with van der Waals surface area (Å²) in [6.07, 6.45) is -3.04. The fraction of sp³-hybridized carbons (Fsp3) is 0.333. The molecule has 0 amide bonds. The lowest BCUT2D eigenvalue weighted by Crippen LogP contribution is -2.38. The van der Waals surface area contributed by atoms with Crippen LogP contribution >= 0.6 is 0 Å². The second-order valence-electron chi connectivity index (χ2n) is 4.04. The number of anilines is 1. The third-order valence-corrected chi connectivity index (χ3v) is 2.59. The Morgan fingerprint density at radius 3 is 2.58 bits per heavy atom. The molecule has 0 bridgehead atoms. The van der Waals surface area contributed by atoms with Crippen molar-refractivity contribution in [2.75, 3.05) is 24.5 Å². The molecule has 0 saturated heterocycles.